The summed E-state index contributed by atoms with van der Waals surface area (Å²) in [5, 5.41) is 32.6. The number of carbonyl (C=O) groups is 3. The lowest BCUT2D eigenvalue weighted by molar-refractivity contribution is -0.144. The molecule has 0 spiro atoms. The fourth-order valence-electron chi connectivity index (χ4n) is 5.39. The van der Waals surface area contributed by atoms with Crippen molar-refractivity contribution < 1.29 is 34.1 Å². The molecule has 0 aliphatic heterocycles. The number of rotatable bonds is 2. The maximum Gasteiger partial charge on any atom is 0.255 e. The van der Waals surface area contributed by atoms with Crippen LogP contribution in [-0.4, -0.2) is 57.5 Å². The van der Waals surface area contributed by atoms with Gasteiger partial charge in [-0.2, -0.15) is 0 Å². The number of primary amides is 1. The van der Waals surface area contributed by atoms with Gasteiger partial charge in [0.2, 0.25) is 5.78 Å². The van der Waals surface area contributed by atoms with E-state index in [4.69, 9.17) is 10.2 Å². The van der Waals surface area contributed by atoms with Gasteiger partial charge in [-0.1, -0.05) is 0 Å². The van der Waals surface area contributed by atoms with E-state index in [1.807, 2.05) is 25.1 Å². The quantitative estimate of drug-likeness (QED) is 0.501. The number of ketones is 2. The number of Topliss-reactive ketones (excluding diaryl/α,β-unsaturated/α-hetero) is 2. The molecule has 10 heteroatoms. The summed E-state index contributed by atoms with van der Waals surface area (Å²) in [6.45, 7) is 0. The molecule has 3 aliphatic carbocycles. The van der Waals surface area contributed by atoms with Crippen LogP contribution in [-0.2, 0) is 16.0 Å². The molecule has 0 unspecified atom stereocenters. The molecule has 0 radical (unpaired) electrons. The van der Waals surface area contributed by atoms with Crippen molar-refractivity contribution in [3.8, 4) is 0 Å². The average Bonchev–Trinajstić information content (AvgIpc) is 3.18. The van der Waals surface area contributed by atoms with Crippen LogP contribution in [0.3, 0.4) is 0 Å². The molecule has 1 amide bonds. The zero-order chi connectivity index (χ0) is 23.1. The molecule has 1 aromatic heterocycles. The molecule has 10 nitrogen and oxygen atoms in total. The second-order valence-corrected chi connectivity index (χ2v) is 8.75. The topological polar surface area (TPSA) is 167 Å². The molecule has 2 aromatic rings. The predicted octanol–water partition coefficient (Wildman–Crippen LogP) is 1.08. The first-order chi connectivity index (χ1) is 15.1. The van der Waals surface area contributed by atoms with E-state index in [9.17, 15) is 29.7 Å². The van der Waals surface area contributed by atoms with Crippen LogP contribution >= 0.6 is 0 Å². The lowest BCUT2D eigenvalue weighted by Gasteiger charge is -2.45. The molecular formula is C22H21N3O7. The van der Waals surface area contributed by atoms with E-state index in [0.717, 1.165) is 11.3 Å². The number of nitrogens with two attached hydrogens (primary N) is 1. The molecule has 5 rings (SSSR count). The zero-order valence-electron chi connectivity index (χ0n) is 17.4. The second kappa shape index (κ2) is 6.42. The summed E-state index contributed by atoms with van der Waals surface area (Å²) in [5.74, 6) is -5.72. The van der Waals surface area contributed by atoms with Gasteiger partial charge in [-0.15, -0.1) is 0 Å². The Morgan fingerprint density at radius 3 is 2.66 bits per heavy atom. The van der Waals surface area contributed by atoms with Crippen molar-refractivity contribution in [3.05, 3.63) is 46.3 Å². The van der Waals surface area contributed by atoms with Crippen LogP contribution in [0.2, 0.25) is 0 Å². The first-order valence-corrected chi connectivity index (χ1v) is 10.1. The lowest BCUT2D eigenvalue weighted by atomic mass is 9.60. The van der Waals surface area contributed by atoms with Crippen LogP contribution < -0.4 is 10.6 Å². The Hall–Kier alpha value is -3.66. The number of carbonyl (C=O) groups excluding carboxylic acids is 3. The highest BCUT2D eigenvalue weighted by Gasteiger charge is 2.59. The Balaban J connectivity index is 1.74. The number of amides is 1. The zero-order valence-corrected chi connectivity index (χ0v) is 17.4. The summed E-state index contributed by atoms with van der Waals surface area (Å²) in [4.78, 5) is 44.3. The third kappa shape index (κ3) is 2.38. The highest BCUT2D eigenvalue weighted by molar-refractivity contribution is 6.25. The number of hydrogen-bond donors (Lipinski definition) is 4. The van der Waals surface area contributed by atoms with Gasteiger partial charge in [0.15, 0.2) is 23.4 Å². The summed E-state index contributed by atoms with van der Waals surface area (Å²) < 4.78 is 5.47. The molecule has 0 bridgehead atoms. The molecule has 3 atom stereocenters. The molecular weight excluding hydrogens is 418 g/mol. The van der Waals surface area contributed by atoms with Crippen molar-refractivity contribution in [1.29, 1.82) is 0 Å². The summed E-state index contributed by atoms with van der Waals surface area (Å²) in [6, 6.07) is 1.82. The molecule has 1 heterocycles. The number of allylic oxidation sites excluding steroid dienone is 2. The fourth-order valence-corrected chi connectivity index (χ4v) is 5.39. The Morgan fingerprint density at radius 2 is 2.00 bits per heavy atom. The maximum atomic E-state index is 13.7. The van der Waals surface area contributed by atoms with E-state index in [2.05, 4.69) is 4.98 Å². The van der Waals surface area contributed by atoms with Crippen LogP contribution in [0.25, 0.3) is 11.1 Å². The molecule has 0 saturated heterocycles. The lowest BCUT2D eigenvalue weighted by Crippen LogP contribution is -2.57. The minimum absolute atomic E-state index is 0.0941. The van der Waals surface area contributed by atoms with Crippen molar-refractivity contribution in [3.63, 3.8) is 0 Å². The van der Waals surface area contributed by atoms with Gasteiger partial charge in [-0.25, -0.2) is 4.98 Å². The molecule has 0 fully saturated rings. The van der Waals surface area contributed by atoms with Gasteiger partial charge >= 0.3 is 0 Å². The maximum absolute atomic E-state index is 13.7. The van der Waals surface area contributed by atoms with Crippen molar-refractivity contribution in [2.75, 3.05) is 19.0 Å². The van der Waals surface area contributed by atoms with E-state index in [-0.39, 0.29) is 29.6 Å². The summed E-state index contributed by atoms with van der Waals surface area (Å²) >= 11 is 0. The van der Waals surface area contributed by atoms with Gasteiger partial charge in [0, 0.05) is 37.7 Å². The molecule has 166 valence electrons. The minimum atomic E-state index is -2.52. The van der Waals surface area contributed by atoms with Crippen LogP contribution in [0, 0.1) is 11.8 Å². The summed E-state index contributed by atoms with van der Waals surface area (Å²) in [7, 11) is 3.67. The monoisotopic (exact) mass is 439 g/mol. The number of aliphatic hydroxyl groups excluding tert-OH is 2. The molecule has 3 aliphatic rings. The predicted molar refractivity (Wildman–Crippen MR) is 111 cm³/mol. The summed E-state index contributed by atoms with van der Waals surface area (Å²) in [6.07, 6.45) is 1.49. The Morgan fingerprint density at radius 1 is 1.28 bits per heavy atom. The smallest absolute Gasteiger partial charge is 0.255 e. The van der Waals surface area contributed by atoms with E-state index in [0.29, 0.717) is 11.9 Å². The van der Waals surface area contributed by atoms with Crippen LogP contribution in [0.5, 0.6) is 0 Å². The average molecular weight is 439 g/mol. The van der Waals surface area contributed by atoms with Gasteiger partial charge < -0.3 is 30.4 Å². The van der Waals surface area contributed by atoms with Crippen LogP contribution in [0.1, 0.15) is 28.8 Å². The van der Waals surface area contributed by atoms with E-state index < -0.39 is 52.0 Å². The van der Waals surface area contributed by atoms with Crippen LogP contribution in [0.4, 0.5) is 5.69 Å². The number of fused-ring (bicyclic) bond motifs is 5. The molecule has 1 aromatic carbocycles. The second-order valence-electron chi connectivity index (χ2n) is 8.75. The number of hydrogen-bond acceptors (Lipinski definition) is 9. The fraction of sp³-hybridized carbons (Fsp3) is 0.364. The Labute approximate surface area is 181 Å². The van der Waals surface area contributed by atoms with Gasteiger partial charge in [0.05, 0.1) is 5.56 Å². The summed E-state index contributed by atoms with van der Waals surface area (Å²) in [5.41, 5.74) is 4.28. The largest absolute Gasteiger partial charge is 0.511 e. The SMILES string of the molecule is CN(C)c1cc2ncoc2c2c1C[C@H]1C[C@H]3CC(O)=C(C(N)=O)C(=O)[C@@]3(O)C(O)=C1C2=O. The first-order valence-electron chi connectivity index (χ1n) is 10.1. The van der Waals surface area contributed by atoms with E-state index in [1.165, 1.54) is 6.39 Å². The number of benzene rings is 1. The number of aromatic nitrogens is 1. The Bertz CT molecular complexity index is 1300. The number of aliphatic hydroxyl groups is 3. The van der Waals surface area contributed by atoms with Crippen molar-refractivity contribution in [1.82, 2.24) is 4.98 Å². The number of oxazole rings is 1. The Kier molecular flexibility index (Phi) is 4.07. The first kappa shape index (κ1) is 20.3. The van der Waals surface area contributed by atoms with Crippen molar-refractivity contribution in [2.45, 2.75) is 24.9 Å². The van der Waals surface area contributed by atoms with Crippen LogP contribution in [0.15, 0.2) is 39.5 Å². The third-order valence-electron chi connectivity index (χ3n) is 6.84. The molecule has 5 N–H and O–H groups in total. The minimum Gasteiger partial charge on any atom is -0.511 e. The standard InChI is InChI=1S/C22H21N3O7/c1-25(2)12-6-11-18(32-7-24-11)15-10(12)4-8-3-9-5-13(26)16(21(23)30)20(29)22(9,31)19(28)14(8)17(15)27/h6-9,26,28,31H,3-5H2,1-2H3,(H2,23,30)/t8-,9+,22+/m1/s1. The molecule has 0 saturated carbocycles. The van der Waals surface area contributed by atoms with Crippen molar-refractivity contribution in [2.24, 2.45) is 17.6 Å². The van der Waals surface area contributed by atoms with E-state index in [1.54, 1.807) is 0 Å². The highest BCUT2D eigenvalue weighted by atomic mass is 16.3. The third-order valence-corrected chi connectivity index (χ3v) is 6.84. The molecule has 32 heavy (non-hydrogen) atoms. The normalized spacial score (nSPS) is 27.3. The number of anilines is 1. The van der Waals surface area contributed by atoms with Crippen molar-refractivity contribution >= 4 is 34.3 Å². The number of nitrogens with zero attached hydrogens (tertiary/aromatic N) is 2. The van der Waals surface area contributed by atoms with E-state index >= 15 is 0 Å². The highest BCUT2D eigenvalue weighted by Crippen LogP contribution is 2.52. The van der Waals surface area contributed by atoms with Gasteiger partial charge in [0.1, 0.15) is 22.6 Å². The van der Waals surface area contributed by atoms with Gasteiger partial charge in [-0.3, -0.25) is 14.4 Å². The van der Waals surface area contributed by atoms with Gasteiger partial charge in [-0.05, 0) is 30.4 Å². The van der Waals surface area contributed by atoms with Gasteiger partial charge in [0.25, 0.3) is 5.91 Å².